The van der Waals surface area contributed by atoms with Gasteiger partial charge in [-0.05, 0) is 30.5 Å². The summed E-state index contributed by atoms with van der Waals surface area (Å²) >= 11 is 0. The average molecular weight is 375 g/mol. The standard InChI is InChI=1S/C19H20F3N5/c1-11(24-14-3-5-19(21,22)6-4-14)17-15-7-12(13-9-23-27(2)10-13)8-16(20)18(15)26-25-17/h7-10,14,24H,1,3-6H2,2H3,(H,25,26). The van der Waals surface area contributed by atoms with Crippen LogP contribution in [-0.4, -0.2) is 31.9 Å². The number of nitrogens with one attached hydrogen (secondary N) is 2. The van der Waals surface area contributed by atoms with Crippen LogP contribution in [0.15, 0.2) is 31.1 Å². The van der Waals surface area contributed by atoms with E-state index in [1.54, 1.807) is 24.1 Å². The molecule has 8 heteroatoms. The highest BCUT2D eigenvalue weighted by atomic mass is 19.3. The molecule has 142 valence electrons. The lowest BCUT2D eigenvalue weighted by molar-refractivity contribution is -0.0392. The van der Waals surface area contributed by atoms with Crippen molar-refractivity contribution in [1.82, 2.24) is 25.3 Å². The number of benzene rings is 1. The van der Waals surface area contributed by atoms with Gasteiger partial charge in [-0.25, -0.2) is 13.2 Å². The fourth-order valence-electron chi connectivity index (χ4n) is 3.55. The van der Waals surface area contributed by atoms with Gasteiger partial charge in [0.25, 0.3) is 0 Å². The van der Waals surface area contributed by atoms with Gasteiger partial charge >= 0.3 is 0 Å². The molecule has 0 amide bonds. The topological polar surface area (TPSA) is 58.5 Å². The van der Waals surface area contributed by atoms with Crippen LogP contribution >= 0.6 is 0 Å². The summed E-state index contributed by atoms with van der Waals surface area (Å²) in [5.41, 5.74) is 2.78. The minimum atomic E-state index is -2.58. The first-order valence-corrected chi connectivity index (χ1v) is 8.83. The minimum absolute atomic E-state index is 0.0816. The zero-order valence-electron chi connectivity index (χ0n) is 14.9. The summed E-state index contributed by atoms with van der Waals surface area (Å²) in [7, 11) is 1.79. The van der Waals surface area contributed by atoms with E-state index in [2.05, 4.69) is 27.2 Å². The first-order valence-electron chi connectivity index (χ1n) is 8.83. The van der Waals surface area contributed by atoms with Gasteiger partial charge in [0.1, 0.15) is 5.52 Å². The number of nitrogens with zero attached hydrogens (tertiary/aromatic N) is 3. The molecule has 1 aliphatic rings. The third kappa shape index (κ3) is 3.43. The van der Waals surface area contributed by atoms with Gasteiger partial charge in [0.2, 0.25) is 5.92 Å². The number of fused-ring (bicyclic) bond motifs is 1. The zero-order valence-corrected chi connectivity index (χ0v) is 14.9. The fraction of sp³-hybridized carbons (Fsp3) is 0.368. The van der Waals surface area contributed by atoms with Gasteiger partial charge in [0, 0.05) is 43.1 Å². The number of aromatic nitrogens is 4. The van der Waals surface area contributed by atoms with Crippen LogP contribution in [0, 0.1) is 5.82 Å². The maximum absolute atomic E-state index is 14.5. The summed E-state index contributed by atoms with van der Waals surface area (Å²) in [4.78, 5) is 0. The van der Waals surface area contributed by atoms with Crippen LogP contribution in [0.25, 0.3) is 27.7 Å². The van der Waals surface area contributed by atoms with E-state index < -0.39 is 11.7 Å². The van der Waals surface area contributed by atoms with Crippen LogP contribution in [0.1, 0.15) is 31.4 Å². The Hall–Kier alpha value is -2.77. The van der Waals surface area contributed by atoms with Crippen molar-refractivity contribution >= 4 is 16.6 Å². The quantitative estimate of drug-likeness (QED) is 0.717. The van der Waals surface area contributed by atoms with Gasteiger partial charge < -0.3 is 5.32 Å². The summed E-state index contributed by atoms with van der Waals surface area (Å²) in [6, 6.07) is 3.17. The summed E-state index contributed by atoms with van der Waals surface area (Å²) in [5, 5.41) is 14.8. The molecule has 1 fully saturated rings. The van der Waals surface area contributed by atoms with Crippen LogP contribution in [0.4, 0.5) is 13.2 Å². The molecular formula is C19H20F3N5. The average Bonchev–Trinajstić information content (AvgIpc) is 3.23. The van der Waals surface area contributed by atoms with E-state index in [0.717, 1.165) is 5.56 Å². The maximum atomic E-state index is 14.5. The van der Waals surface area contributed by atoms with Crippen molar-refractivity contribution in [3.8, 4) is 11.1 Å². The van der Waals surface area contributed by atoms with E-state index in [4.69, 9.17) is 0 Å². The second-order valence-corrected chi connectivity index (χ2v) is 7.11. The summed E-state index contributed by atoms with van der Waals surface area (Å²) in [5.74, 6) is -3.03. The molecule has 1 saturated carbocycles. The monoisotopic (exact) mass is 375 g/mol. The molecule has 1 aliphatic carbocycles. The number of H-pyrrole nitrogens is 1. The molecule has 5 nitrogen and oxygen atoms in total. The van der Waals surface area contributed by atoms with E-state index >= 15 is 0 Å². The van der Waals surface area contributed by atoms with E-state index in [0.29, 0.717) is 35.2 Å². The van der Waals surface area contributed by atoms with Gasteiger partial charge in [-0.15, -0.1) is 0 Å². The Bertz CT molecular complexity index is 994. The smallest absolute Gasteiger partial charge is 0.248 e. The molecule has 2 aromatic heterocycles. The van der Waals surface area contributed by atoms with Crippen molar-refractivity contribution in [3.63, 3.8) is 0 Å². The van der Waals surface area contributed by atoms with Crippen molar-refractivity contribution in [1.29, 1.82) is 0 Å². The lowest BCUT2D eigenvalue weighted by Crippen LogP contribution is -2.36. The molecule has 0 atom stereocenters. The first-order chi connectivity index (χ1) is 12.8. The normalized spacial score (nSPS) is 17.3. The molecule has 2 heterocycles. The van der Waals surface area contributed by atoms with Gasteiger partial charge in [0.15, 0.2) is 5.82 Å². The number of alkyl halides is 2. The molecule has 4 rings (SSSR count). The number of halogens is 3. The number of hydrogen-bond acceptors (Lipinski definition) is 3. The highest BCUT2D eigenvalue weighted by molar-refractivity contribution is 5.93. The zero-order chi connectivity index (χ0) is 19.2. The fourth-order valence-corrected chi connectivity index (χ4v) is 3.55. The van der Waals surface area contributed by atoms with E-state index in [1.165, 1.54) is 6.07 Å². The number of hydrogen-bond donors (Lipinski definition) is 2. The van der Waals surface area contributed by atoms with Crippen molar-refractivity contribution in [2.45, 2.75) is 37.6 Å². The highest BCUT2D eigenvalue weighted by Crippen LogP contribution is 2.34. The second kappa shape index (κ2) is 6.44. The third-order valence-corrected chi connectivity index (χ3v) is 5.05. The first kappa shape index (κ1) is 17.6. The number of aromatic amines is 1. The number of rotatable bonds is 4. The van der Waals surface area contributed by atoms with E-state index in [1.807, 2.05) is 6.07 Å². The Balaban J connectivity index is 1.62. The summed E-state index contributed by atoms with van der Waals surface area (Å²) in [6.45, 7) is 4.01. The van der Waals surface area contributed by atoms with Crippen LogP contribution in [0.5, 0.6) is 0 Å². The largest absolute Gasteiger partial charge is 0.381 e. The molecule has 0 spiro atoms. The van der Waals surface area contributed by atoms with Crippen molar-refractivity contribution in [2.24, 2.45) is 7.05 Å². The Kier molecular flexibility index (Phi) is 4.20. The van der Waals surface area contributed by atoms with Gasteiger partial charge in [-0.1, -0.05) is 6.58 Å². The predicted octanol–water partition coefficient (Wildman–Crippen LogP) is 4.24. The van der Waals surface area contributed by atoms with Crippen LogP contribution in [-0.2, 0) is 7.05 Å². The molecule has 0 aliphatic heterocycles. The Morgan fingerprint density at radius 2 is 2.04 bits per heavy atom. The van der Waals surface area contributed by atoms with Crippen LogP contribution < -0.4 is 5.32 Å². The molecule has 0 saturated heterocycles. The molecule has 3 aromatic rings. The summed E-state index contributed by atoms with van der Waals surface area (Å²) < 4.78 is 42.8. The lowest BCUT2D eigenvalue weighted by Gasteiger charge is -2.29. The minimum Gasteiger partial charge on any atom is -0.381 e. The molecule has 0 bridgehead atoms. The lowest BCUT2D eigenvalue weighted by atomic mass is 9.92. The van der Waals surface area contributed by atoms with Gasteiger partial charge in [-0.2, -0.15) is 10.2 Å². The number of aryl methyl sites for hydroxylation is 1. The molecular weight excluding hydrogens is 355 g/mol. The molecule has 2 N–H and O–H groups in total. The summed E-state index contributed by atoms with van der Waals surface area (Å²) in [6.07, 6.45) is 3.93. The van der Waals surface area contributed by atoms with Crippen molar-refractivity contribution in [3.05, 3.63) is 42.6 Å². The van der Waals surface area contributed by atoms with Crippen LogP contribution in [0.3, 0.4) is 0 Å². The highest BCUT2D eigenvalue weighted by Gasteiger charge is 2.35. The van der Waals surface area contributed by atoms with Gasteiger partial charge in [-0.3, -0.25) is 9.78 Å². The Labute approximate surface area is 154 Å². The van der Waals surface area contributed by atoms with E-state index in [-0.39, 0.29) is 24.4 Å². The van der Waals surface area contributed by atoms with Crippen molar-refractivity contribution in [2.75, 3.05) is 0 Å². The molecule has 1 aromatic carbocycles. The third-order valence-electron chi connectivity index (χ3n) is 5.05. The van der Waals surface area contributed by atoms with Crippen LogP contribution in [0.2, 0.25) is 0 Å². The molecule has 0 unspecified atom stereocenters. The van der Waals surface area contributed by atoms with Crippen molar-refractivity contribution < 1.29 is 13.2 Å². The second-order valence-electron chi connectivity index (χ2n) is 7.11. The SMILES string of the molecule is C=C(NC1CCC(F)(F)CC1)c1[nH]nc2c(F)cc(-c3cnn(C)c3)cc12. The maximum Gasteiger partial charge on any atom is 0.248 e. The molecule has 0 radical (unpaired) electrons. The predicted molar refractivity (Wildman–Crippen MR) is 97.6 cm³/mol. The Morgan fingerprint density at radius 3 is 2.70 bits per heavy atom. The Morgan fingerprint density at radius 1 is 1.30 bits per heavy atom. The van der Waals surface area contributed by atoms with Gasteiger partial charge in [0.05, 0.1) is 17.6 Å². The molecule has 27 heavy (non-hydrogen) atoms. The van der Waals surface area contributed by atoms with E-state index in [9.17, 15) is 13.2 Å².